The van der Waals surface area contributed by atoms with Gasteiger partial charge in [0.15, 0.2) is 0 Å². The van der Waals surface area contributed by atoms with E-state index in [0.717, 1.165) is 23.5 Å². The van der Waals surface area contributed by atoms with Crippen molar-refractivity contribution in [3.05, 3.63) is 96.6 Å². The van der Waals surface area contributed by atoms with Crippen LogP contribution in [0.25, 0.3) is 0 Å². The van der Waals surface area contributed by atoms with Crippen LogP contribution in [-0.4, -0.2) is 22.6 Å². The molecule has 0 heterocycles. The minimum absolute atomic E-state index is 0.334. The van der Waals surface area contributed by atoms with E-state index in [1.54, 1.807) is 12.1 Å². The summed E-state index contributed by atoms with van der Waals surface area (Å²) in [6.07, 6.45) is 15.5. The Labute approximate surface area is 188 Å². The maximum Gasteiger partial charge on any atom is 0.336 e. The maximum atomic E-state index is 11.2. The van der Waals surface area contributed by atoms with Crippen molar-refractivity contribution in [1.82, 2.24) is 0 Å². The third-order valence-corrected chi connectivity index (χ3v) is 5.82. The second kappa shape index (κ2) is 15.3. The molecule has 2 aromatic rings. The number of aromatic carboxylic acids is 1. The Morgan fingerprint density at radius 3 is 2.23 bits per heavy atom. The Balaban J connectivity index is 1.53. The van der Waals surface area contributed by atoms with Gasteiger partial charge < -0.3 is 5.11 Å². The topological polar surface area (TPSA) is 37.3 Å². The fourth-order valence-corrected chi connectivity index (χ4v) is 4.01. The molecule has 2 rings (SSSR count). The van der Waals surface area contributed by atoms with E-state index in [0.29, 0.717) is 17.7 Å². The number of carboxylic acid groups (broad SMARTS) is 1. The van der Waals surface area contributed by atoms with Crippen LogP contribution in [0.4, 0.5) is 0 Å². The average Bonchev–Trinajstić information content (AvgIpc) is 2.77. The van der Waals surface area contributed by atoms with Gasteiger partial charge in [0.05, 0.1) is 11.3 Å². The molecule has 4 heteroatoms. The molecule has 0 saturated carbocycles. The molecule has 0 fully saturated rings. The Morgan fingerprint density at radius 1 is 0.800 bits per heavy atom. The molecule has 0 aliphatic rings. The maximum absolute atomic E-state index is 11.2. The zero-order valence-corrected chi connectivity index (χ0v) is 18.5. The van der Waals surface area contributed by atoms with Crippen molar-refractivity contribution in [2.24, 2.45) is 0 Å². The summed E-state index contributed by atoms with van der Waals surface area (Å²) in [4.78, 5) is 13.2. The molecule has 0 spiro atoms. The monoisotopic (exact) mass is 434 g/mol. The van der Waals surface area contributed by atoms with Gasteiger partial charge in [-0.3, -0.25) is 0 Å². The number of thioether (sulfide) groups is 2. The van der Waals surface area contributed by atoms with Gasteiger partial charge in [0.1, 0.15) is 0 Å². The Kier molecular flexibility index (Phi) is 12.0. The van der Waals surface area contributed by atoms with Gasteiger partial charge in [0.2, 0.25) is 0 Å². The molecule has 0 atom stereocenters. The first-order chi connectivity index (χ1) is 14.8. The summed E-state index contributed by atoms with van der Waals surface area (Å²) >= 11 is 3.30. The molecule has 154 valence electrons. The van der Waals surface area contributed by atoms with Crippen molar-refractivity contribution in [2.45, 2.75) is 29.1 Å². The van der Waals surface area contributed by atoms with Crippen molar-refractivity contribution >= 4 is 29.5 Å². The van der Waals surface area contributed by atoms with E-state index in [-0.39, 0.29) is 0 Å². The molecule has 30 heavy (non-hydrogen) atoms. The molecule has 0 amide bonds. The highest BCUT2D eigenvalue weighted by atomic mass is 32.2. The first-order valence-corrected chi connectivity index (χ1v) is 11.8. The Bertz CT molecular complexity index is 919. The predicted octanol–water partition coefficient (Wildman–Crippen LogP) is 7.11. The quantitative estimate of drug-likeness (QED) is 0.232. The van der Waals surface area contributed by atoms with E-state index < -0.39 is 5.97 Å². The lowest BCUT2D eigenvalue weighted by atomic mass is 10.2. The number of hydrogen-bond donors (Lipinski definition) is 1. The summed E-state index contributed by atoms with van der Waals surface area (Å²) < 4.78 is 0. The highest BCUT2D eigenvalue weighted by Crippen LogP contribution is 2.22. The molecule has 2 aromatic carbocycles. The molecular formula is C26H26O2S2. The second-order valence-electron chi connectivity index (χ2n) is 6.16. The van der Waals surface area contributed by atoms with Crippen LogP contribution in [0.15, 0.2) is 101 Å². The molecule has 1 N–H and O–H groups in total. The number of allylic oxidation sites excluding steroid dienone is 5. The molecule has 0 unspecified atom stereocenters. The van der Waals surface area contributed by atoms with Gasteiger partial charge in [-0.2, -0.15) is 0 Å². The first-order valence-electron chi connectivity index (χ1n) is 9.81. The summed E-state index contributed by atoms with van der Waals surface area (Å²) in [5, 5.41) is 9.16. The highest BCUT2D eigenvalue weighted by molar-refractivity contribution is 7.99. The minimum atomic E-state index is -0.899. The molecule has 0 aliphatic carbocycles. The molecule has 0 bridgehead atoms. The third kappa shape index (κ3) is 10.2. The lowest BCUT2D eigenvalue weighted by molar-refractivity contribution is 0.0693. The van der Waals surface area contributed by atoms with E-state index >= 15 is 0 Å². The van der Waals surface area contributed by atoms with Gasteiger partial charge in [0.25, 0.3) is 0 Å². The van der Waals surface area contributed by atoms with Crippen LogP contribution in [0.3, 0.4) is 0 Å². The molecule has 0 radical (unpaired) electrons. The smallest absolute Gasteiger partial charge is 0.336 e. The average molecular weight is 435 g/mol. The van der Waals surface area contributed by atoms with Crippen molar-refractivity contribution < 1.29 is 9.90 Å². The van der Waals surface area contributed by atoms with Crippen LogP contribution in [-0.2, 0) is 0 Å². The zero-order chi connectivity index (χ0) is 21.3. The number of hydrogen-bond acceptors (Lipinski definition) is 3. The van der Waals surface area contributed by atoms with Crippen LogP contribution in [0.2, 0.25) is 0 Å². The van der Waals surface area contributed by atoms with E-state index in [9.17, 15) is 4.79 Å². The second-order valence-corrected chi connectivity index (χ2v) is 8.27. The van der Waals surface area contributed by atoms with Crippen LogP contribution < -0.4 is 0 Å². The molecule has 0 saturated heterocycles. The summed E-state index contributed by atoms with van der Waals surface area (Å²) in [5.74, 6) is 6.87. The Morgan fingerprint density at radius 2 is 1.47 bits per heavy atom. The largest absolute Gasteiger partial charge is 0.478 e. The summed E-state index contributed by atoms with van der Waals surface area (Å²) in [6, 6.07) is 17.4. The molecule has 2 nitrogen and oxygen atoms in total. The van der Waals surface area contributed by atoms with Crippen molar-refractivity contribution in [3.8, 4) is 11.8 Å². The Hall–Kier alpha value is -2.61. The van der Waals surface area contributed by atoms with Gasteiger partial charge in [-0.05, 0) is 37.1 Å². The van der Waals surface area contributed by atoms with Crippen molar-refractivity contribution in [1.29, 1.82) is 0 Å². The number of rotatable bonds is 11. The van der Waals surface area contributed by atoms with Crippen LogP contribution in [0.5, 0.6) is 0 Å². The lowest BCUT2D eigenvalue weighted by Crippen LogP contribution is -1.98. The summed E-state index contributed by atoms with van der Waals surface area (Å²) in [6.45, 7) is 0. The first kappa shape index (κ1) is 23.7. The highest BCUT2D eigenvalue weighted by Gasteiger charge is 2.08. The van der Waals surface area contributed by atoms with Gasteiger partial charge in [0, 0.05) is 22.0 Å². The molecule has 0 aromatic heterocycles. The summed E-state index contributed by atoms with van der Waals surface area (Å²) in [5.41, 5.74) is 0.334. The van der Waals surface area contributed by atoms with E-state index in [1.807, 2.05) is 30.0 Å². The van der Waals surface area contributed by atoms with E-state index in [2.05, 4.69) is 72.6 Å². The van der Waals surface area contributed by atoms with Crippen molar-refractivity contribution in [3.63, 3.8) is 0 Å². The molecule has 0 aliphatic heterocycles. The van der Waals surface area contributed by atoms with Crippen molar-refractivity contribution in [2.75, 3.05) is 11.5 Å². The van der Waals surface area contributed by atoms with Gasteiger partial charge in [-0.25, -0.2) is 4.79 Å². The van der Waals surface area contributed by atoms with Gasteiger partial charge in [-0.15, -0.1) is 23.5 Å². The van der Waals surface area contributed by atoms with Gasteiger partial charge >= 0.3 is 5.97 Å². The van der Waals surface area contributed by atoms with E-state index in [1.165, 1.54) is 16.7 Å². The third-order valence-electron chi connectivity index (χ3n) is 3.90. The van der Waals surface area contributed by atoms with Crippen LogP contribution in [0.1, 0.15) is 29.6 Å². The van der Waals surface area contributed by atoms with Gasteiger partial charge in [-0.1, -0.05) is 78.6 Å². The normalized spacial score (nSPS) is 11.2. The zero-order valence-electron chi connectivity index (χ0n) is 16.9. The number of carbonyl (C=O) groups is 1. The van der Waals surface area contributed by atoms with Crippen LogP contribution >= 0.6 is 23.5 Å². The number of carboxylic acids is 1. The lowest BCUT2D eigenvalue weighted by Gasteiger charge is -2.01. The predicted molar refractivity (Wildman–Crippen MR) is 130 cm³/mol. The SMILES string of the molecule is O=C(O)c1ccccc1SCC#CCC=CCC=CCC=CCSc1ccccc1. The fourth-order valence-electron chi connectivity index (χ4n) is 2.42. The summed E-state index contributed by atoms with van der Waals surface area (Å²) in [7, 11) is 0. The van der Waals surface area contributed by atoms with Crippen LogP contribution in [0, 0.1) is 11.8 Å². The minimum Gasteiger partial charge on any atom is -0.478 e. The number of benzene rings is 2. The fraction of sp³-hybridized carbons (Fsp3) is 0.192. The van der Waals surface area contributed by atoms with E-state index in [4.69, 9.17) is 5.11 Å². The standard InChI is InChI=1S/C26H26O2S2/c27-26(28)24-19-13-14-20-25(24)30-22-16-9-7-5-3-1-2-4-6-8-15-21-29-23-17-11-10-12-18-23/h2-5,8,10-15,17-20H,1,6-7,21-22H2,(H,27,28). The molecular weight excluding hydrogens is 408 g/mol.